The molecule has 8 heteroatoms. The van der Waals surface area contributed by atoms with Gasteiger partial charge in [-0.05, 0) is 56.4 Å². The molecule has 0 radical (unpaired) electrons. The molecule has 2 aliphatic heterocycles. The Balaban J connectivity index is 1.50. The van der Waals surface area contributed by atoms with Crippen LogP contribution in [0.15, 0.2) is 58.5 Å². The molecule has 2 aromatic rings. The first-order valence-corrected chi connectivity index (χ1v) is 13.0. The predicted octanol–water partition coefficient (Wildman–Crippen LogP) is 3.41. The van der Waals surface area contributed by atoms with E-state index >= 15 is 0 Å². The van der Waals surface area contributed by atoms with Gasteiger partial charge in [0.05, 0.1) is 34.8 Å². The van der Waals surface area contributed by atoms with E-state index in [4.69, 9.17) is 4.42 Å². The van der Waals surface area contributed by atoms with Crippen molar-refractivity contribution in [2.45, 2.75) is 45.6 Å². The third-order valence-electron chi connectivity index (χ3n) is 8.95. The van der Waals surface area contributed by atoms with Crippen LogP contribution in [0.2, 0.25) is 0 Å². The van der Waals surface area contributed by atoms with E-state index in [2.05, 4.69) is 0 Å². The van der Waals surface area contributed by atoms with E-state index in [-0.39, 0.29) is 36.2 Å². The topological polar surface area (TPSA) is 108 Å². The zero-order valence-electron chi connectivity index (χ0n) is 20.9. The summed E-state index contributed by atoms with van der Waals surface area (Å²) in [6.07, 6.45) is 3.42. The van der Waals surface area contributed by atoms with Crippen LogP contribution in [-0.2, 0) is 25.8 Å². The molecule has 37 heavy (non-hydrogen) atoms. The summed E-state index contributed by atoms with van der Waals surface area (Å²) in [5.74, 6) is -2.68. The summed E-state index contributed by atoms with van der Waals surface area (Å²) < 4.78 is 6.00. The van der Waals surface area contributed by atoms with Crippen molar-refractivity contribution < 1.29 is 28.7 Å². The van der Waals surface area contributed by atoms with Crippen LogP contribution in [0, 0.1) is 29.1 Å². The zero-order valence-corrected chi connectivity index (χ0v) is 20.9. The number of allylic oxidation sites excluding steroid dienone is 2. The highest BCUT2D eigenvalue weighted by Crippen LogP contribution is 2.63. The third kappa shape index (κ3) is 3.18. The number of imide groups is 2. The largest absolute Gasteiger partial charge is 0.463 e. The summed E-state index contributed by atoms with van der Waals surface area (Å²) in [6, 6.07) is 12.3. The van der Waals surface area contributed by atoms with Crippen LogP contribution >= 0.6 is 0 Å². The van der Waals surface area contributed by atoms with Gasteiger partial charge in [0.15, 0.2) is 0 Å². The molecule has 4 aliphatic rings. The molecule has 1 N–H and O–H groups in total. The molecule has 0 bridgehead atoms. The van der Waals surface area contributed by atoms with Crippen molar-refractivity contribution in [2.75, 3.05) is 11.4 Å². The number of para-hydroxylation sites is 1. The molecule has 0 spiro atoms. The van der Waals surface area contributed by atoms with E-state index in [1.165, 1.54) is 9.80 Å². The van der Waals surface area contributed by atoms with Gasteiger partial charge in [-0.25, -0.2) is 4.90 Å². The molecule has 3 heterocycles. The number of furan rings is 1. The molecule has 3 fully saturated rings. The summed E-state index contributed by atoms with van der Waals surface area (Å²) in [5, 5.41) is 9.66. The highest BCUT2D eigenvalue weighted by atomic mass is 16.4. The van der Waals surface area contributed by atoms with Crippen molar-refractivity contribution in [1.29, 1.82) is 0 Å². The summed E-state index contributed by atoms with van der Waals surface area (Å²) in [7, 11) is 0. The number of benzene rings is 1. The number of hydrogen-bond acceptors (Lipinski definition) is 6. The molecule has 2 saturated heterocycles. The van der Waals surface area contributed by atoms with Crippen LogP contribution in [0.4, 0.5) is 5.69 Å². The van der Waals surface area contributed by atoms with Crippen molar-refractivity contribution in [2.24, 2.45) is 29.1 Å². The number of fused-ring (bicyclic) bond motifs is 4. The molecular formula is C29H30N2O6. The second kappa shape index (κ2) is 8.52. The molecule has 8 nitrogen and oxygen atoms in total. The fourth-order valence-electron chi connectivity index (χ4n) is 7.28. The van der Waals surface area contributed by atoms with Gasteiger partial charge in [-0.15, -0.1) is 0 Å². The van der Waals surface area contributed by atoms with Crippen molar-refractivity contribution in [3.05, 3.63) is 65.6 Å². The Morgan fingerprint density at radius 2 is 1.76 bits per heavy atom. The van der Waals surface area contributed by atoms with Crippen LogP contribution in [0.25, 0.3) is 0 Å². The van der Waals surface area contributed by atoms with Gasteiger partial charge in [-0.1, -0.05) is 36.8 Å². The number of carbonyl (C=O) groups excluding carboxylic acids is 4. The number of aliphatic hydroxyl groups excluding tert-OH is 1. The number of anilines is 1. The number of likely N-dealkylation sites (tertiary alicyclic amines) is 1. The highest BCUT2D eigenvalue weighted by Gasteiger charge is 2.68. The predicted molar refractivity (Wildman–Crippen MR) is 133 cm³/mol. The third-order valence-corrected chi connectivity index (χ3v) is 8.95. The van der Waals surface area contributed by atoms with Gasteiger partial charge in [0.2, 0.25) is 23.6 Å². The SMILES string of the molecule is CCCN1C(=O)C2CC=C3C(CC4C(=O)N(c5ccccc5)C(=O)C4(C)C3c3ccc(CO)o3)C2C1=O. The van der Waals surface area contributed by atoms with Gasteiger partial charge in [0, 0.05) is 6.54 Å². The lowest BCUT2D eigenvalue weighted by atomic mass is 9.52. The molecule has 192 valence electrons. The normalized spacial score (nSPS) is 32.9. The van der Waals surface area contributed by atoms with Crippen LogP contribution in [0.1, 0.15) is 50.5 Å². The Hall–Kier alpha value is -3.52. The second-order valence-electron chi connectivity index (χ2n) is 10.8. The van der Waals surface area contributed by atoms with E-state index < -0.39 is 29.1 Å². The van der Waals surface area contributed by atoms with Crippen molar-refractivity contribution in [3.8, 4) is 0 Å². The number of nitrogens with zero attached hydrogens (tertiary/aromatic N) is 2. The van der Waals surface area contributed by atoms with E-state index in [0.29, 0.717) is 43.0 Å². The van der Waals surface area contributed by atoms with Gasteiger partial charge in [0.1, 0.15) is 18.1 Å². The monoisotopic (exact) mass is 502 g/mol. The lowest BCUT2D eigenvalue weighted by molar-refractivity contribution is -0.140. The molecule has 1 aromatic carbocycles. The molecule has 1 saturated carbocycles. The zero-order chi connectivity index (χ0) is 26.1. The average molecular weight is 503 g/mol. The fraction of sp³-hybridized carbons (Fsp3) is 0.448. The summed E-state index contributed by atoms with van der Waals surface area (Å²) in [6.45, 7) is 3.85. The molecule has 4 amide bonds. The number of aliphatic hydroxyl groups is 1. The van der Waals surface area contributed by atoms with Gasteiger partial charge in [-0.3, -0.25) is 24.1 Å². The molecule has 1 aromatic heterocycles. The molecule has 2 aliphatic carbocycles. The Kier molecular flexibility index (Phi) is 5.49. The highest BCUT2D eigenvalue weighted by molar-refractivity contribution is 6.24. The summed E-state index contributed by atoms with van der Waals surface area (Å²) in [5.41, 5.74) is 0.259. The lowest BCUT2D eigenvalue weighted by Crippen LogP contribution is -2.48. The van der Waals surface area contributed by atoms with Gasteiger partial charge in [0.25, 0.3) is 0 Å². The number of carbonyl (C=O) groups is 4. The number of amides is 4. The minimum atomic E-state index is -1.14. The van der Waals surface area contributed by atoms with Crippen molar-refractivity contribution >= 4 is 29.3 Å². The molecule has 6 rings (SSSR count). The number of rotatable bonds is 5. The molecule has 6 unspecified atom stereocenters. The first-order chi connectivity index (χ1) is 17.8. The minimum Gasteiger partial charge on any atom is -0.463 e. The maximum Gasteiger partial charge on any atom is 0.241 e. The first kappa shape index (κ1) is 23.9. The molecular weight excluding hydrogens is 472 g/mol. The Morgan fingerprint density at radius 3 is 2.43 bits per heavy atom. The summed E-state index contributed by atoms with van der Waals surface area (Å²) >= 11 is 0. The van der Waals surface area contributed by atoms with E-state index in [0.717, 1.165) is 5.57 Å². The lowest BCUT2D eigenvalue weighted by Gasteiger charge is -2.48. The Morgan fingerprint density at radius 1 is 1.00 bits per heavy atom. The first-order valence-electron chi connectivity index (χ1n) is 13.0. The standard InChI is InChI=1S/C29H30N2O6/c1-3-13-30-25(33)19-11-10-18-20(23(19)27(30)35)14-21-26(34)31(16-7-5-4-6-8-16)28(36)29(21,2)24(18)22-12-9-17(15-32)37-22/h4-10,12,19-21,23-24,32H,3,11,13-15H2,1-2H3. The van der Waals surface area contributed by atoms with Crippen molar-refractivity contribution in [1.82, 2.24) is 4.90 Å². The van der Waals surface area contributed by atoms with E-state index in [1.807, 2.05) is 26.0 Å². The van der Waals surface area contributed by atoms with Crippen LogP contribution in [0.5, 0.6) is 0 Å². The maximum atomic E-state index is 14.1. The summed E-state index contributed by atoms with van der Waals surface area (Å²) in [4.78, 5) is 57.4. The fourth-order valence-corrected chi connectivity index (χ4v) is 7.28. The Labute approximate surface area is 214 Å². The van der Waals surface area contributed by atoms with E-state index in [9.17, 15) is 24.3 Å². The number of hydrogen-bond donors (Lipinski definition) is 1. The van der Waals surface area contributed by atoms with Gasteiger partial charge >= 0.3 is 0 Å². The van der Waals surface area contributed by atoms with Crippen LogP contribution in [0.3, 0.4) is 0 Å². The van der Waals surface area contributed by atoms with Gasteiger partial charge < -0.3 is 9.52 Å². The maximum absolute atomic E-state index is 14.1. The smallest absolute Gasteiger partial charge is 0.241 e. The quantitative estimate of drug-likeness (QED) is 0.496. The Bertz CT molecular complexity index is 1330. The average Bonchev–Trinajstić information content (AvgIpc) is 3.53. The second-order valence-corrected chi connectivity index (χ2v) is 10.8. The van der Waals surface area contributed by atoms with Gasteiger partial charge in [-0.2, -0.15) is 0 Å². The molecule has 6 atom stereocenters. The van der Waals surface area contributed by atoms with Crippen LogP contribution < -0.4 is 4.90 Å². The van der Waals surface area contributed by atoms with Crippen LogP contribution in [-0.4, -0.2) is 40.2 Å². The van der Waals surface area contributed by atoms with Crippen molar-refractivity contribution in [3.63, 3.8) is 0 Å². The minimum absolute atomic E-state index is 0.141. The van der Waals surface area contributed by atoms with E-state index in [1.54, 1.807) is 36.4 Å².